The van der Waals surface area contributed by atoms with E-state index < -0.39 is 0 Å². The highest BCUT2D eigenvalue weighted by Crippen LogP contribution is 2.11. The topological polar surface area (TPSA) is 53.0 Å². The number of pyridine rings is 1. The molecule has 0 saturated carbocycles. The zero-order chi connectivity index (χ0) is 7.56. The largest absolute Gasteiger partial charge is 0.619 e. The molecule has 0 aliphatic rings. The Bertz CT molecular complexity index is 239. The van der Waals surface area contributed by atoms with Crippen molar-refractivity contribution in [3.05, 3.63) is 33.7 Å². The zero-order valence-corrected chi connectivity index (χ0v) is 6.84. The molecule has 0 saturated heterocycles. The lowest BCUT2D eigenvalue weighted by Gasteiger charge is -1.99. The standard InChI is InChI=1S/C6H7BrN2O/c7-6-4-9(10)2-1-5(6)3-8/h1-2,4H,3,8H2. The van der Waals surface area contributed by atoms with Crippen molar-refractivity contribution in [2.45, 2.75) is 6.54 Å². The second kappa shape index (κ2) is 2.98. The van der Waals surface area contributed by atoms with Gasteiger partial charge in [0.15, 0.2) is 12.4 Å². The predicted molar refractivity (Wildman–Crippen MR) is 41.0 cm³/mol. The third-order valence-electron chi connectivity index (χ3n) is 1.19. The van der Waals surface area contributed by atoms with E-state index in [-0.39, 0.29) is 0 Å². The summed E-state index contributed by atoms with van der Waals surface area (Å²) in [6.45, 7) is 0.446. The van der Waals surface area contributed by atoms with Crippen LogP contribution in [0, 0.1) is 5.21 Å². The van der Waals surface area contributed by atoms with Gasteiger partial charge in [0.2, 0.25) is 0 Å². The number of halogens is 1. The van der Waals surface area contributed by atoms with Crippen LogP contribution in [0.2, 0.25) is 0 Å². The molecular weight excluding hydrogens is 196 g/mol. The molecule has 10 heavy (non-hydrogen) atoms. The minimum Gasteiger partial charge on any atom is -0.619 e. The fourth-order valence-corrected chi connectivity index (χ4v) is 1.14. The van der Waals surface area contributed by atoms with Crippen molar-refractivity contribution in [2.24, 2.45) is 5.73 Å². The Morgan fingerprint density at radius 1 is 1.70 bits per heavy atom. The molecular formula is C6H7BrN2O. The van der Waals surface area contributed by atoms with Crippen LogP contribution in [-0.2, 0) is 6.54 Å². The maximum Gasteiger partial charge on any atom is 0.194 e. The Labute approximate surface area is 67.2 Å². The lowest BCUT2D eigenvalue weighted by Crippen LogP contribution is -2.24. The van der Waals surface area contributed by atoms with Gasteiger partial charge in [-0.1, -0.05) is 0 Å². The van der Waals surface area contributed by atoms with Crippen LogP contribution in [-0.4, -0.2) is 0 Å². The predicted octanol–water partition coefficient (Wildman–Crippen LogP) is 0.541. The summed E-state index contributed by atoms with van der Waals surface area (Å²) in [5, 5.41) is 10.6. The molecule has 0 aliphatic carbocycles. The summed E-state index contributed by atoms with van der Waals surface area (Å²) in [6, 6.07) is 1.69. The van der Waals surface area contributed by atoms with Gasteiger partial charge >= 0.3 is 0 Å². The Morgan fingerprint density at radius 2 is 2.40 bits per heavy atom. The first-order valence-electron chi connectivity index (χ1n) is 2.81. The van der Waals surface area contributed by atoms with Crippen molar-refractivity contribution >= 4 is 15.9 Å². The first-order valence-corrected chi connectivity index (χ1v) is 3.60. The van der Waals surface area contributed by atoms with Gasteiger partial charge in [-0.15, -0.1) is 0 Å². The maximum atomic E-state index is 10.6. The molecule has 0 aromatic carbocycles. The quantitative estimate of drug-likeness (QED) is 0.535. The summed E-state index contributed by atoms with van der Waals surface area (Å²) >= 11 is 3.21. The van der Waals surface area contributed by atoms with Gasteiger partial charge < -0.3 is 10.9 Å². The van der Waals surface area contributed by atoms with Crippen LogP contribution in [0.25, 0.3) is 0 Å². The van der Waals surface area contributed by atoms with E-state index in [4.69, 9.17) is 5.73 Å². The molecule has 1 aromatic rings. The zero-order valence-electron chi connectivity index (χ0n) is 5.25. The van der Waals surface area contributed by atoms with Crippen molar-refractivity contribution in [3.8, 4) is 0 Å². The lowest BCUT2D eigenvalue weighted by atomic mass is 10.3. The monoisotopic (exact) mass is 202 g/mol. The van der Waals surface area contributed by atoms with Crippen molar-refractivity contribution in [2.75, 3.05) is 0 Å². The fraction of sp³-hybridized carbons (Fsp3) is 0.167. The smallest absolute Gasteiger partial charge is 0.194 e. The second-order valence-corrected chi connectivity index (χ2v) is 2.74. The molecule has 0 bridgehead atoms. The average Bonchev–Trinajstić information content (AvgIpc) is 1.88. The molecule has 54 valence electrons. The molecule has 0 spiro atoms. The summed E-state index contributed by atoms with van der Waals surface area (Å²) < 4.78 is 1.48. The molecule has 4 heteroatoms. The molecule has 1 aromatic heterocycles. The summed E-state index contributed by atoms with van der Waals surface area (Å²) in [7, 11) is 0. The summed E-state index contributed by atoms with van der Waals surface area (Å²) in [6.07, 6.45) is 2.86. The molecule has 0 amide bonds. The van der Waals surface area contributed by atoms with E-state index in [1.165, 1.54) is 12.4 Å². The van der Waals surface area contributed by atoms with E-state index >= 15 is 0 Å². The summed E-state index contributed by atoms with van der Waals surface area (Å²) in [5.74, 6) is 0. The van der Waals surface area contributed by atoms with Gasteiger partial charge in [-0.25, -0.2) is 0 Å². The summed E-state index contributed by atoms with van der Waals surface area (Å²) in [5.41, 5.74) is 6.30. The van der Waals surface area contributed by atoms with Crippen LogP contribution in [0.15, 0.2) is 22.9 Å². The number of aromatic nitrogens is 1. The molecule has 0 fully saturated rings. The van der Waals surface area contributed by atoms with Crippen LogP contribution in [0.4, 0.5) is 0 Å². The molecule has 1 rings (SSSR count). The number of nitrogens with zero attached hydrogens (tertiary/aromatic N) is 1. The number of rotatable bonds is 1. The highest BCUT2D eigenvalue weighted by Gasteiger charge is 1.99. The first kappa shape index (κ1) is 7.50. The minimum atomic E-state index is 0.446. The third-order valence-corrected chi connectivity index (χ3v) is 1.90. The maximum absolute atomic E-state index is 10.6. The van der Waals surface area contributed by atoms with Crippen molar-refractivity contribution in [3.63, 3.8) is 0 Å². The number of hydrogen-bond acceptors (Lipinski definition) is 2. The van der Waals surface area contributed by atoms with Gasteiger partial charge in [0, 0.05) is 12.6 Å². The van der Waals surface area contributed by atoms with Crippen molar-refractivity contribution < 1.29 is 4.73 Å². The molecule has 3 nitrogen and oxygen atoms in total. The molecule has 2 N–H and O–H groups in total. The normalized spacial score (nSPS) is 9.80. The Morgan fingerprint density at radius 3 is 2.90 bits per heavy atom. The van der Waals surface area contributed by atoms with Crippen molar-refractivity contribution in [1.29, 1.82) is 0 Å². The van der Waals surface area contributed by atoms with Crippen LogP contribution >= 0.6 is 15.9 Å². The van der Waals surface area contributed by atoms with Crippen LogP contribution < -0.4 is 10.5 Å². The average molecular weight is 203 g/mol. The van der Waals surface area contributed by atoms with E-state index in [1.807, 2.05) is 0 Å². The SMILES string of the molecule is NCc1cc[n+]([O-])cc1Br. The molecule has 0 aliphatic heterocycles. The molecule has 0 atom stereocenters. The van der Waals surface area contributed by atoms with Crippen LogP contribution in [0.5, 0.6) is 0 Å². The van der Waals surface area contributed by atoms with E-state index in [1.54, 1.807) is 6.07 Å². The van der Waals surface area contributed by atoms with Gasteiger partial charge in [-0.05, 0) is 21.5 Å². The van der Waals surface area contributed by atoms with Crippen LogP contribution in [0.1, 0.15) is 5.56 Å². The van der Waals surface area contributed by atoms with Gasteiger partial charge in [0.05, 0.1) is 4.47 Å². The molecule has 0 radical (unpaired) electrons. The Hall–Kier alpha value is -0.610. The van der Waals surface area contributed by atoms with Gasteiger partial charge in [-0.3, -0.25) is 0 Å². The molecule has 0 unspecified atom stereocenters. The van der Waals surface area contributed by atoms with Gasteiger partial charge in [0.25, 0.3) is 0 Å². The van der Waals surface area contributed by atoms with Crippen molar-refractivity contribution in [1.82, 2.24) is 0 Å². The molecule has 1 heterocycles. The Balaban J connectivity index is 3.07. The summed E-state index contributed by atoms with van der Waals surface area (Å²) in [4.78, 5) is 0. The first-order chi connectivity index (χ1) is 4.74. The lowest BCUT2D eigenvalue weighted by molar-refractivity contribution is -0.606. The van der Waals surface area contributed by atoms with Crippen LogP contribution in [0.3, 0.4) is 0 Å². The van der Waals surface area contributed by atoms with E-state index in [0.29, 0.717) is 6.54 Å². The van der Waals surface area contributed by atoms with E-state index in [2.05, 4.69) is 15.9 Å². The minimum absolute atomic E-state index is 0.446. The van der Waals surface area contributed by atoms with E-state index in [0.717, 1.165) is 14.8 Å². The fourth-order valence-electron chi connectivity index (χ4n) is 0.646. The third kappa shape index (κ3) is 1.46. The Kier molecular flexibility index (Phi) is 2.24. The highest BCUT2D eigenvalue weighted by molar-refractivity contribution is 9.10. The highest BCUT2D eigenvalue weighted by atomic mass is 79.9. The van der Waals surface area contributed by atoms with E-state index in [9.17, 15) is 5.21 Å². The number of nitrogens with two attached hydrogens (primary N) is 1. The second-order valence-electron chi connectivity index (χ2n) is 1.88. The number of hydrogen-bond donors (Lipinski definition) is 1. The van der Waals surface area contributed by atoms with Gasteiger partial charge in [-0.2, -0.15) is 4.73 Å². The van der Waals surface area contributed by atoms with Gasteiger partial charge in [0.1, 0.15) is 0 Å².